The van der Waals surface area contributed by atoms with Crippen LogP contribution in [0.2, 0.25) is 0 Å². The lowest BCUT2D eigenvalue weighted by Crippen LogP contribution is -2.18. The van der Waals surface area contributed by atoms with E-state index in [1.54, 1.807) is 48.5 Å². The molecule has 0 aliphatic heterocycles. The second-order valence-electron chi connectivity index (χ2n) is 4.06. The van der Waals surface area contributed by atoms with Gasteiger partial charge in [-0.15, -0.1) is 0 Å². The van der Waals surface area contributed by atoms with E-state index in [0.717, 1.165) is 0 Å². The molecule has 0 unspecified atom stereocenters. The SMILES string of the molecule is CC(=O)Nc1ccccc1OC(=O)Nc1ccccc1. The van der Waals surface area contributed by atoms with Crippen LogP contribution in [0.25, 0.3) is 0 Å². The van der Waals surface area contributed by atoms with Gasteiger partial charge in [-0.05, 0) is 24.3 Å². The number of carbonyl (C=O) groups is 2. The maximum Gasteiger partial charge on any atom is 0.417 e. The fraction of sp³-hybridized carbons (Fsp3) is 0.0667. The Morgan fingerprint density at radius 1 is 0.900 bits per heavy atom. The van der Waals surface area contributed by atoms with Gasteiger partial charge in [0.1, 0.15) is 0 Å². The van der Waals surface area contributed by atoms with E-state index in [1.165, 1.54) is 6.92 Å². The quantitative estimate of drug-likeness (QED) is 0.899. The fourth-order valence-electron chi connectivity index (χ4n) is 1.61. The molecule has 2 amide bonds. The molecule has 0 bridgehead atoms. The van der Waals surface area contributed by atoms with Crippen LogP contribution >= 0.6 is 0 Å². The molecule has 5 heteroatoms. The highest BCUT2D eigenvalue weighted by Crippen LogP contribution is 2.24. The number of amides is 2. The van der Waals surface area contributed by atoms with Crippen molar-refractivity contribution in [1.29, 1.82) is 0 Å². The average molecular weight is 270 g/mol. The van der Waals surface area contributed by atoms with E-state index in [0.29, 0.717) is 11.4 Å². The van der Waals surface area contributed by atoms with Gasteiger partial charge in [-0.3, -0.25) is 10.1 Å². The van der Waals surface area contributed by atoms with Crippen LogP contribution in [-0.2, 0) is 4.79 Å². The summed E-state index contributed by atoms with van der Waals surface area (Å²) in [6.07, 6.45) is -0.617. The molecule has 0 fully saturated rings. The van der Waals surface area contributed by atoms with E-state index in [9.17, 15) is 9.59 Å². The molecule has 0 spiro atoms. The topological polar surface area (TPSA) is 67.4 Å². The summed E-state index contributed by atoms with van der Waals surface area (Å²) < 4.78 is 5.19. The third-order valence-electron chi connectivity index (χ3n) is 2.42. The number of benzene rings is 2. The number of ether oxygens (including phenoxy) is 1. The van der Waals surface area contributed by atoms with Crippen LogP contribution in [0, 0.1) is 0 Å². The van der Waals surface area contributed by atoms with Crippen LogP contribution in [0.5, 0.6) is 5.75 Å². The molecule has 2 aromatic rings. The van der Waals surface area contributed by atoms with Crippen molar-refractivity contribution in [3.8, 4) is 5.75 Å². The Hall–Kier alpha value is -2.82. The highest BCUT2D eigenvalue weighted by molar-refractivity contribution is 5.92. The van der Waals surface area contributed by atoms with Gasteiger partial charge in [0.05, 0.1) is 5.69 Å². The lowest BCUT2D eigenvalue weighted by Gasteiger charge is -2.10. The van der Waals surface area contributed by atoms with Crippen molar-refractivity contribution >= 4 is 23.4 Å². The molecule has 20 heavy (non-hydrogen) atoms. The predicted octanol–water partition coefficient (Wildman–Crippen LogP) is 3.26. The predicted molar refractivity (Wildman–Crippen MR) is 76.8 cm³/mol. The van der Waals surface area contributed by atoms with Crippen molar-refractivity contribution in [3.63, 3.8) is 0 Å². The zero-order chi connectivity index (χ0) is 14.4. The van der Waals surface area contributed by atoms with Crippen LogP contribution in [0.3, 0.4) is 0 Å². The highest BCUT2D eigenvalue weighted by Gasteiger charge is 2.09. The number of para-hydroxylation sites is 3. The molecule has 0 radical (unpaired) electrons. The van der Waals surface area contributed by atoms with Gasteiger partial charge in [0.15, 0.2) is 5.75 Å². The van der Waals surface area contributed by atoms with Crippen molar-refractivity contribution in [2.75, 3.05) is 10.6 Å². The minimum absolute atomic E-state index is 0.232. The molecule has 102 valence electrons. The molecule has 0 aliphatic rings. The molecule has 0 saturated carbocycles. The van der Waals surface area contributed by atoms with Gasteiger partial charge in [-0.1, -0.05) is 30.3 Å². The Kier molecular flexibility index (Phi) is 4.34. The number of rotatable bonds is 3. The van der Waals surface area contributed by atoms with Crippen molar-refractivity contribution in [3.05, 3.63) is 54.6 Å². The smallest absolute Gasteiger partial charge is 0.408 e. The normalized spacial score (nSPS) is 9.65. The number of hydrogen-bond acceptors (Lipinski definition) is 3. The van der Waals surface area contributed by atoms with E-state index in [-0.39, 0.29) is 11.7 Å². The van der Waals surface area contributed by atoms with Crippen LogP contribution in [-0.4, -0.2) is 12.0 Å². The standard InChI is InChI=1S/C15H14N2O3/c1-11(18)16-13-9-5-6-10-14(13)20-15(19)17-12-7-3-2-4-8-12/h2-10H,1H3,(H,16,18)(H,17,19). The summed E-state index contributed by atoms with van der Waals surface area (Å²) in [7, 11) is 0. The molecule has 0 aromatic heterocycles. The Bertz CT molecular complexity index is 612. The van der Waals surface area contributed by atoms with Crippen molar-refractivity contribution in [2.24, 2.45) is 0 Å². The molecule has 2 N–H and O–H groups in total. The van der Waals surface area contributed by atoms with E-state index in [2.05, 4.69) is 10.6 Å². The van der Waals surface area contributed by atoms with Crippen molar-refractivity contribution < 1.29 is 14.3 Å². The van der Waals surface area contributed by atoms with Crippen molar-refractivity contribution in [1.82, 2.24) is 0 Å². The Labute approximate surface area is 116 Å². The number of nitrogens with one attached hydrogen (secondary N) is 2. The van der Waals surface area contributed by atoms with Gasteiger partial charge in [0.2, 0.25) is 5.91 Å². The van der Waals surface area contributed by atoms with E-state index >= 15 is 0 Å². The minimum atomic E-state index is -0.617. The van der Waals surface area contributed by atoms with Gasteiger partial charge < -0.3 is 10.1 Å². The molecular weight excluding hydrogens is 256 g/mol. The van der Waals surface area contributed by atoms with Gasteiger partial charge in [0.25, 0.3) is 0 Å². The summed E-state index contributed by atoms with van der Waals surface area (Å²) in [4.78, 5) is 22.8. The van der Waals surface area contributed by atoms with Gasteiger partial charge in [0, 0.05) is 12.6 Å². The Morgan fingerprint density at radius 2 is 1.55 bits per heavy atom. The van der Waals surface area contributed by atoms with Crippen LogP contribution in [0.1, 0.15) is 6.92 Å². The first-order chi connectivity index (χ1) is 9.65. The van der Waals surface area contributed by atoms with E-state index in [4.69, 9.17) is 4.74 Å². The second kappa shape index (κ2) is 6.38. The molecule has 0 atom stereocenters. The van der Waals surface area contributed by atoms with E-state index < -0.39 is 6.09 Å². The summed E-state index contributed by atoms with van der Waals surface area (Å²) in [5, 5.41) is 5.20. The van der Waals surface area contributed by atoms with Gasteiger partial charge >= 0.3 is 6.09 Å². The summed E-state index contributed by atoms with van der Waals surface area (Å²) in [6, 6.07) is 15.7. The van der Waals surface area contributed by atoms with Gasteiger partial charge in [-0.25, -0.2) is 4.79 Å². The maximum atomic E-state index is 11.8. The zero-order valence-corrected chi connectivity index (χ0v) is 10.9. The first-order valence-electron chi connectivity index (χ1n) is 6.05. The first-order valence-corrected chi connectivity index (χ1v) is 6.05. The number of hydrogen-bond donors (Lipinski definition) is 2. The van der Waals surface area contributed by atoms with Crippen LogP contribution in [0.4, 0.5) is 16.2 Å². The minimum Gasteiger partial charge on any atom is -0.408 e. The lowest BCUT2D eigenvalue weighted by molar-refractivity contribution is -0.114. The fourth-order valence-corrected chi connectivity index (χ4v) is 1.61. The summed E-state index contributed by atoms with van der Waals surface area (Å²) in [6.45, 7) is 1.39. The molecular formula is C15H14N2O3. The van der Waals surface area contributed by atoms with Crippen molar-refractivity contribution in [2.45, 2.75) is 6.92 Å². The molecule has 5 nitrogen and oxygen atoms in total. The lowest BCUT2D eigenvalue weighted by atomic mass is 10.3. The first kappa shape index (κ1) is 13.6. The molecule has 0 heterocycles. The molecule has 0 saturated heterocycles. The van der Waals surface area contributed by atoms with Gasteiger partial charge in [-0.2, -0.15) is 0 Å². The average Bonchev–Trinajstić information content (AvgIpc) is 2.41. The number of carbonyl (C=O) groups excluding carboxylic acids is 2. The monoisotopic (exact) mass is 270 g/mol. The molecule has 0 aliphatic carbocycles. The number of anilines is 2. The largest absolute Gasteiger partial charge is 0.417 e. The third kappa shape index (κ3) is 3.84. The summed E-state index contributed by atoms with van der Waals surface area (Å²) in [5.74, 6) is 0.0562. The molecule has 2 rings (SSSR count). The maximum absolute atomic E-state index is 11.8. The Balaban J connectivity index is 2.06. The highest BCUT2D eigenvalue weighted by atomic mass is 16.6. The summed E-state index contributed by atoms with van der Waals surface area (Å²) >= 11 is 0. The zero-order valence-electron chi connectivity index (χ0n) is 10.9. The van der Waals surface area contributed by atoms with E-state index in [1.807, 2.05) is 6.07 Å². The van der Waals surface area contributed by atoms with Crippen LogP contribution in [0.15, 0.2) is 54.6 Å². The van der Waals surface area contributed by atoms with Crippen LogP contribution < -0.4 is 15.4 Å². The summed E-state index contributed by atoms with van der Waals surface area (Å²) in [5.41, 5.74) is 1.08. The Morgan fingerprint density at radius 3 is 2.25 bits per heavy atom. The second-order valence-corrected chi connectivity index (χ2v) is 4.06. The third-order valence-corrected chi connectivity index (χ3v) is 2.42. The molecule has 2 aromatic carbocycles.